The molecule has 0 unspecified atom stereocenters. The Morgan fingerprint density at radius 3 is 2.47 bits per heavy atom. The number of pyridine rings is 1. The van der Waals surface area contributed by atoms with Gasteiger partial charge in [-0.05, 0) is 57.3 Å². The highest BCUT2D eigenvalue weighted by Gasteiger charge is 2.22. The topological polar surface area (TPSA) is 79.2 Å². The molecule has 1 aliphatic heterocycles. The minimum atomic E-state index is -0.323. The van der Waals surface area contributed by atoms with Crippen LogP contribution in [0.15, 0.2) is 54.3 Å². The molecule has 0 radical (unpaired) electrons. The Morgan fingerprint density at radius 1 is 1.06 bits per heavy atom. The maximum absolute atomic E-state index is 13.5. The minimum absolute atomic E-state index is 0.130. The second kappa shape index (κ2) is 10.2. The first-order valence-corrected chi connectivity index (χ1v) is 12.8. The van der Waals surface area contributed by atoms with E-state index in [0.717, 1.165) is 43.1 Å². The van der Waals surface area contributed by atoms with Crippen molar-refractivity contribution in [3.8, 4) is 22.0 Å². The van der Waals surface area contributed by atoms with E-state index < -0.39 is 0 Å². The summed E-state index contributed by atoms with van der Waals surface area (Å²) >= 11 is 1.37. The number of piperazine rings is 1. The van der Waals surface area contributed by atoms with Gasteiger partial charge in [-0.1, -0.05) is 0 Å². The fourth-order valence-corrected chi connectivity index (χ4v) is 5.01. The Labute approximate surface area is 213 Å². The number of amides is 1. The second-order valence-electron chi connectivity index (χ2n) is 9.13. The summed E-state index contributed by atoms with van der Waals surface area (Å²) in [5.74, 6) is -0.148. The van der Waals surface area contributed by atoms with Crippen LogP contribution in [0.4, 0.5) is 15.9 Å². The van der Waals surface area contributed by atoms with Gasteiger partial charge in [0.2, 0.25) is 0 Å². The third kappa shape index (κ3) is 5.00. The average Bonchev–Trinajstić information content (AvgIpc) is 3.53. The van der Waals surface area contributed by atoms with Crippen LogP contribution in [0.25, 0.3) is 22.0 Å². The Morgan fingerprint density at radius 2 is 1.81 bits per heavy atom. The Hall–Kier alpha value is -3.63. The van der Waals surface area contributed by atoms with E-state index in [9.17, 15) is 9.18 Å². The van der Waals surface area contributed by atoms with Gasteiger partial charge in [-0.25, -0.2) is 19.3 Å². The summed E-state index contributed by atoms with van der Waals surface area (Å²) in [6.07, 6.45) is 3.55. The van der Waals surface area contributed by atoms with Crippen molar-refractivity contribution in [1.29, 1.82) is 0 Å². The number of nitrogens with zero attached hydrogens (tertiary/aromatic N) is 6. The van der Waals surface area contributed by atoms with Gasteiger partial charge in [0.25, 0.3) is 5.91 Å². The van der Waals surface area contributed by atoms with Crippen LogP contribution in [0.5, 0.6) is 0 Å². The van der Waals surface area contributed by atoms with Gasteiger partial charge < -0.3 is 19.7 Å². The lowest BCUT2D eigenvalue weighted by molar-refractivity contribution is 0.102. The van der Waals surface area contributed by atoms with Gasteiger partial charge in [-0.15, -0.1) is 11.3 Å². The third-order valence-corrected chi connectivity index (χ3v) is 7.11. The molecule has 1 aromatic carbocycles. The molecule has 3 aromatic heterocycles. The molecule has 1 saturated heterocycles. The van der Waals surface area contributed by atoms with Gasteiger partial charge in [-0.2, -0.15) is 0 Å². The number of hydrogen-bond acceptors (Lipinski definition) is 7. The average molecular weight is 506 g/mol. The molecule has 1 N–H and O–H groups in total. The number of carbonyl (C=O) groups is 1. The first-order valence-electron chi connectivity index (χ1n) is 11.9. The Bertz CT molecular complexity index is 1340. The van der Waals surface area contributed by atoms with E-state index in [0.29, 0.717) is 22.2 Å². The van der Waals surface area contributed by atoms with E-state index in [-0.39, 0.29) is 17.8 Å². The molecule has 0 atom stereocenters. The van der Waals surface area contributed by atoms with E-state index in [1.54, 1.807) is 30.0 Å². The first kappa shape index (κ1) is 24.1. The summed E-state index contributed by atoms with van der Waals surface area (Å²) in [5, 5.41) is 5.25. The lowest BCUT2D eigenvalue weighted by Crippen LogP contribution is -2.44. The molecule has 5 rings (SSSR count). The van der Waals surface area contributed by atoms with Gasteiger partial charge in [0, 0.05) is 43.2 Å². The lowest BCUT2D eigenvalue weighted by atomic mass is 10.1. The molecule has 0 spiro atoms. The molecular weight excluding hydrogens is 477 g/mol. The van der Waals surface area contributed by atoms with Gasteiger partial charge in [-0.3, -0.25) is 4.79 Å². The first-order chi connectivity index (χ1) is 17.4. The van der Waals surface area contributed by atoms with Crippen LogP contribution in [0.2, 0.25) is 0 Å². The third-order valence-electron chi connectivity index (χ3n) is 6.27. The molecule has 36 heavy (non-hydrogen) atoms. The summed E-state index contributed by atoms with van der Waals surface area (Å²) in [4.78, 5) is 31.2. The number of nitrogens with one attached hydrogen (secondary N) is 1. The Kier molecular flexibility index (Phi) is 6.80. The van der Waals surface area contributed by atoms with Crippen LogP contribution in [-0.2, 0) is 0 Å². The van der Waals surface area contributed by atoms with Crippen LogP contribution in [-0.4, -0.2) is 63.6 Å². The van der Waals surface area contributed by atoms with Crippen molar-refractivity contribution in [1.82, 2.24) is 24.4 Å². The van der Waals surface area contributed by atoms with Gasteiger partial charge in [0.1, 0.15) is 28.0 Å². The second-order valence-corrected chi connectivity index (χ2v) is 9.99. The molecule has 4 heterocycles. The number of benzene rings is 1. The van der Waals surface area contributed by atoms with Crippen molar-refractivity contribution in [2.75, 3.05) is 43.4 Å². The zero-order chi connectivity index (χ0) is 25.2. The number of imidazole rings is 1. The molecule has 0 bridgehead atoms. The van der Waals surface area contributed by atoms with Crippen molar-refractivity contribution in [2.45, 2.75) is 19.9 Å². The number of aromatic nitrogens is 4. The summed E-state index contributed by atoms with van der Waals surface area (Å²) in [5.41, 5.74) is 3.65. The molecule has 1 fully saturated rings. The largest absolute Gasteiger partial charge is 0.368 e. The van der Waals surface area contributed by atoms with Crippen LogP contribution >= 0.6 is 11.3 Å². The van der Waals surface area contributed by atoms with Gasteiger partial charge in [0.05, 0.1) is 23.9 Å². The zero-order valence-electron chi connectivity index (χ0n) is 20.5. The molecule has 1 amide bonds. The zero-order valence-corrected chi connectivity index (χ0v) is 21.3. The summed E-state index contributed by atoms with van der Waals surface area (Å²) in [6.45, 7) is 8.06. The summed E-state index contributed by atoms with van der Waals surface area (Å²) < 4.78 is 15.5. The van der Waals surface area contributed by atoms with Crippen LogP contribution in [0, 0.1) is 5.82 Å². The molecule has 0 saturated carbocycles. The molecule has 186 valence electrons. The predicted molar refractivity (Wildman–Crippen MR) is 141 cm³/mol. The molecule has 1 aliphatic rings. The van der Waals surface area contributed by atoms with Crippen molar-refractivity contribution >= 4 is 28.7 Å². The van der Waals surface area contributed by atoms with Gasteiger partial charge >= 0.3 is 0 Å². The highest BCUT2D eigenvalue weighted by molar-refractivity contribution is 7.13. The quantitative estimate of drug-likeness (QED) is 0.406. The minimum Gasteiger partial charge on any atom is -0.368 e. The predicted octanol–water partition coefficient (Wildman–Crippen LogP) is 4.79. The van der Waals surface area contributed by atoms with Crippen LogP contribution in [0.3, 0.4) is 0 Å². The van der Waals surface area contributed by atoms with Crippen molar-refractivity contribution < 1.29 is 9.18 Å². The highest BCUT2D eigenvalue weighted by atomic mass is 32.1. The van der Waals surface area contributed by atoms with Gasteiger partial charge in [0.15, 0.2) is 0 Å². The molecule has 4 aromatic rings. The molecule has 10 heteroatoms. The van der Waals surface area contributed by atoms with E-state index in [1.807, 2.05) is 16.7 Å². The van der Waals surface area contributed by atoms with E-state index >= 15 is 0 Å². The number of hydrogen-bond donors (Lipinski definition) is 1. The number of carbonyl (C=O) groups excluding carboxylic acids is 1. The van der Waals surface area contributed by atoms with Crippen LogP contribution in [0.1, 0.15) is 30.4 Å². The van der Waals surface area contributed by atoms with Crippen molar-refractivity contribution in [3.63, 3.8) is 0 Å². The molecule has 8 nitrogen and oxygen atoms in total. The van der Waals surface area contributed by atoms with E-state index in [2.05, 4.69) is 51.0 Å². The monoisotopic (exact) mass is 505 g/mol. The molecule has 0 aliphatic carbocycles. The number of rotatable bonds is 6. The van der Waals surface area contributed by atoms with Crippen LogP contribution < -0.4 is 10.2 Å². The smallest absolute Gasteiger partial charge is 0.276 e. The van der Waals surface area contributed by atoms with E-state index in [1.165, 1.54) is 23.5 Å². The van der Waals surface area contributed by atoms with Crippen molar-refractivity contribution in [3.05, 3.63) is 65.8 Å². The van der Waals surface area contributed by atoms with Crippen molar-refractivity contribution in [2.24, 2.45) is 0 Å². The summed E-state index contributed by atoms with van der Waals surface area (Å²) in [6, 6.07) is 10.2. The van der Waals surface area contributed by atoms with E-state index in [4.69, 9.17) is 0 Å². The fraction of sp³-hybridized carbons (Fsp3) is 0.308. The number of thiazole rings is 1. The SMILES string of the molecule is CC(C)n1cnc(-c2ccc(F)cc2)c1-c1nc(C(=O)Nc2ccc(N3CCN(C)CC3)cn2)cs1. The Balaban J connectivity index is 1.34. The highest BCUT2D eigenvalue weighted by Crippen LogP contribution is 2.35. The number of anilines is 2. The fourth-order valence-electron chi connectivity index (χ4n) is 4.16. The number of halogens is 1. The standard InChI is InChI=1S/C26H28FN7OS/c1-17(2)34-16-29-23(18-4-6-19(27)7-5-18)24(34)26-30-21(15-36-26)25(35)31-22-9-8-20(14-28-22)33-12-10-32(3)11-13-33/h4-9,14-17H,10-13H2,1-3H3,(H,28,31,35). The maximum atomic E-state index is 13.5. The normalized spacial score (nSPS) is 14.4. The summed E-state index contributed by atoms with van der Waals surface area (Å²) in [7, 11) is 2.12. The maximum Gasteiger partial charge on any atom is 0.276 e. The number of likely N-dealkylation sites (N-methyl/N-ethyl adjacent to an activating group) is 1. The lowest BCUT2D eigenvalue weighted by Gasteiger charge is -2.33. The molecular formula is C26H28FN7OS.